The van der Waals surface area contributed by atoms with Crippen molar-refractivity contribution in [2.24, 2.45) is 0 Å². The second-order valence-corrected chi connectivity index (χ2v) is 4.00. The number of hydrogen-bond acceptors (Lipinski definition) is 4. The normalized spacial score (nSPS) is 21.8. The quantitative estimate of drug-likeness (QED) is 0.739. The summed E-state index contributed by atoms with van der Waals surface area (Å²) in [6.07, 6.45) is 0.796. The molecule has 1 atom stereocenters. The minimum atomic E-state index is -0.114. The molecule has 0 bridgehead atoms. The smallest absolute Gasteiger partial charge is 0.323 e. The van der Waals surface area contributed by atoms with Gasteiger partial charge in [0, 0.05) is 17.8 Å². The molecule has 1 aromatic rings. The molecule has 4 heteroatoms. The molecule has 13 heavy (non-hydrogen) atoms. The topological polar surface area (TPSA) is 38.3 Å². The summed E-state index contributed by atoms with van der Waals surface area (Å²) in [6, 6.07) is 3.97. The van der Waals surface area contributed by atoms with Crippen LogP contribution in [0.25, 0.3) is 0 Å². The number of nitrogens with one attached hydrogen (secondary N) is 1. The van der Waals surface area contributed by atoms with Crippen LogP contribution >= 0.6 is 11.3 Å². The van der Waals surface area contributed by atoms with E-state index in [1.807, 2.05) is 11.4 Å². The van der Waals surface area contributed by atoms with E-state index in [-0.39, 0.29) is 12.0 Å². The van der Waals surface area contributed by atoms with Gasteiger partial charge >= 0.3 is 5.97 Å². The monoisotopic (exact) mass is 197 g/mol. The molecule has 1 aromatic heterocycles. The highest BCUT2D eigenvalue weighted by Crippen LogP contribution is 2.10. The van der Waals surface area contributed by atoms with Gasteiger partial charge in [0.1, 0.15) is 6.04 Å². The van der Waals surface area contributed by atoms with Crippen LogP contribution in [0.2, 0.25) is 0 Å². The summed E-state index contributed by atoms with van der Waals surface area (Å²) >= 11 is 1.69. The molecule has 1 fully saturated rings. The zero-order chi connectivity index (χ0) is 9.10. The number of cyclic esters (lactones) is 1. The van der Waals surface area contributed by atoms with Crippen molar-refractivity contribution in [2.75, 3.05) is 6.61 Å². The van der Waals surface area contributed by atoms with Crippen molar-refractivity contribution >= 4 is 17.3 Å². The molecular formula is C9H11NO2S. The van der Waals surface area contributed by atoms with E-state index in [4.69, 9.17) is 4.74 Å². The third-order valence-corrected chi connectivity index (χ3v) is 2.91. The second-order valence-electron chi connectivity index (χ2n) is 2.97. The van der Waals surface area contributed by atoms with Crippen LogP contribution in [0.15, 0.2) is 17.5 Å². The lowest BCUT2D eigenvalue weighted by Gasteiger charge is -2.06. The van der Waals surface area contributed by atoms with E-state index in [9.17, 15) is 4.79 Å². The van der Waals surface area contributed by atoms with Gasteiger partial charge < -0.3 is 4.74 Å². The van der Waals surface area contributed by atoms with Crippen molar-refractivity contribution in [1.82, 2.24) is 5.32 Å². The molecule has 0 aliphatic carbocycles. The van der Waals surface area contributed by atoms with E-state index in [0.717, 1.165) is 13.0 Å². The molecular weight excluding hydrogens is 186 g/mol. The first-order valence-electron chi connectivity index (χ1n) is 4.28. The fourth-order valence-electron chi connectivity index (χ4n) is 1.32. The number of esters is 1. The highest BCUT2D eigenvalue weighted by molar-refractivity contribution is 7.09. The Balaban J connectivity index is 1.82. The SMILES string of the molecule is O=C1OCCC1NCc1cccs1. The second kappa shape index (κ2) is 3.89. The average Bonchev–Trinajstić information content (AvgIpc) is 2.72. The molecule has 1 aliphatic heterocycles. The van der Waals surface area contributed by atoms with Gasteiger partial charge in [-0.3, -0.25) is 10.1 Å². The number of carbonyl (C=O) groups is 1. The Morgan fingerprint density at radius 3 is 3.23 bits per heavy atom. The van der Waals surface area contributed by atoms with Crippen LogP contribution in [0.5, 0.6) is 0 Å². The van der Waals surface area contributed by atoms with Gasteiger partial charge in [-0.1, -0.05) is 6.07 Å². The summed E-state index contributed by atoms with van der Waals surface area (Å²) in [5.74, 6) is -0.114. The van der Waals surface area contributed by atoms with E-state index < -0.39 is 0 Å². The molecule has 0 amide bonds. The zero-order valence-electron chi connectivity index (χ0n) is 7.16. The van der Waals surface area contributed by atoms with Crippen LogP contribution in [0.3, 0.4) is 0 Å². The van der Waals surface area contributed by atoms with Crippen LogP contribution in [-0.4, -0.2) is 18.6 Å². The summed E-state index contributed by atoms with van der Waals surface area (Å²) in [6.45, 7) is 1.32. The molecule has 0 aromatic carbocycles. The molecule has 3 nitrogen and oxygen atoms in total. The lowest BCUT2D eigenvalue weighted by Crippen LogP contribution is -2.32. The molecule has 0 spiro atoms. The Morgan fingerprint density at radius 1 is 1.69 bits per heavy atom. The van der Waals surface area contributed by atoms with E-state index in [0.29, 0.717) is 6.61 Å². The highest BCUT2D eigenvalue weighted by atomic mass is 32.1. The maximum Gasteiger partial charge on any atom is 0.323 e. The Kier molecular flexibility index (Phi) is 2.61. The van der Waals surface area contributed by atoms with Crippen molar-refractivity contribution in [3.05, 3.63) is 22.4 Å². The third-order valence-electron chi connectivity index (χ3n) is 2.04. The number of hydrogen-bond donors (Lipinski definition) is 1. The Labute approximate surface area is 80.7 Å². The first kappa shape index (κ1) is 8.72. The van der Waals surface area contributed by atoms with Gasteiger partial charge in [0.05, 0.1) is 6.61 Å². The van der Waals surface area contributed by atoms with Crippen LogP contribution in [0, 0.1) is 0 Å². The highest BCUT2D eigenvalue weighted by Gasteiger charge is 2.25. The molecule has 1 N–H and O–H groups in total. The number of thiophene rings is 1. The molecule has 2 rings (SSSR count). The van der Waals surface area contributed by atoms with Gasteiger partial charge in [0.15, 0.2) is 0 Å². The predicted molar refractivity (Wildman–Crippen MR) is 50.5 cm³/mol. The summed E-state index contributed by atoms with van der Waals surface area (Å²) in [5.41, 5.74) is 0. The fraction of sp³-hybridized carbons (Fsp3) is 0.444. The minimum absolute atomic E-state index is 0.0953. The van der Waals surface area contributed by atoms with Gasteiger partial charge in [-0.25, -0.2) is 0 Å². The van der Waals surface area contributed by atoms with Crippen LogP contribution in [0.1, 0.15) is 11.3 Å². The van der Waals surface area contributed by atoms with Crippen LogP contribution < -0.4 is 5.32 Å². The van der Waals surface area contributed by atoms with Crippen molar-refractivity contribution in [2.45, 2.75) is 19.0 Å². The maximum absolute atomic E-state index is 11.1. The first-order chi connectivity index (χ1) is 6.36. The third kappa shape index (κ3) is 2.08. The maximum atomic E-state index is 11.1. The standard InChI is InChI=1S/C9H11NO2S/c11-9-8(3-4-12-9)10-6-7-2-1-5-13-7/h1-2,5,8,10H,3-4,6H2. The van der Waals surface area contributed by atoms with Crippen molar-refractivity contribution in [3.8, 4) is 0 Å². The first-order valence-corrected chi connectivity index (χ1v) is 5.16. The molecule has 1 aliphatic rings. The number of rotatable bonds is 3. The van der Waals surface area contributed by atoms with Gasteiger partial charge in [-0.05, 0) is 11.4 Å². The Bertz CT molecular complexity index is 284. The van der Waals surface area contributed by atoms with Gasteiger partial charge in [0.25, 0.3) is 0 Å². The number of ether oxygens (including phenoxy) is 1. The van der Waals surface area contributed by atoms with Crippen LogP contribution in [-0.2, 0) is 16.1 Å². The minimum Gasteiger partial charge on any atom is -0.464 e. The van der Waals surface area contributed by atoms with E-state index in [1.165, 1.54) is 4.88 Å². The molecule has 0 radical (unpaired) electrons. The Hall–Kier alpha value is -0.870. The van der Waals surface area contributed by atoms with E-state index in [2.05, 4.69) is 11.4 Å². The van der Waals surface area contributed by atoms with Crippen molar-refractivity contribution < 1.29 is 9.53 Å². The zero-order valence-corrected chi connectivity index (χ0v) is 7.97. The molecule has 1 unspecified atom stereocenters. The predicted octanol–water partition coefficient (Wildman–Crippen LogP) is 1.15. The van der Waals surface area contributed by atoms with E-state index >= 15 is 0 Å². The lowest BCUT2D eigenvalue weighted by molar-refractivity contribution is -0.139. The average molecular weight is 197 g/mol. The van der Waals surface area contributed by atoms with Gasteiger partial charge in [-0.2, -0.15) is 0 Å². The lowest BCUT2D eigenvalue weighted by atomic mass is 10.2. The van der Waals surface area contributed by atoms with Gasteiger partial charge in [-0.15, -0.1) is 11.3 Å². The molecule has 0 saturated carbocycles. The fourth-order valence-corrected chi connectivity index (χ4v) is 1.97. The summed E-state index contributed by atoms with van der Waals surface area (Å²) < 4.78 is 4.84. The largest absolute Gasteiger partial charge is 0.464 e. The molecule has 70 valence electrons. The van der Waals surface area contributed by atoms with Crippen molar-refractivity contribution in [3.63, 3.8) is 0 Å². The number of carbonyl (C=O) groups excluding carboxylic acids is 1. The summed E-state index contributed by atoms with van der Waals surface area (Å²) in [5, 5.41) is 5.20. The van der Waals surface area contributed by atoms with Crippen LogP contribution in [0.4, 0.5) is 0 Å². The summed E-state index contributed by atoms with van der Waals surface area (Å²) in [7, 11) is 0. The van der Waals surface area contributed by atoms with Gasteiger partial charge in [0.2, 0.25) is 0 Å². The Morgan fingerprint density at radius 2 is 2.62 bits per heavy atom. The van der Waals surface area contributed by atoms with E-state index in [1.54, 1.807) is 11.3 Å². The molecule has 2 heterocycles. The summed E-state index contributed by atoms with van der Waals surface area (Å²) in [4.78, 5) is 12.3. The van der Waals surface area contributed by atoms with Crippen molar-refractivity contribution in [1.29, 1.82) is 0 Å². The molecule has 1 saturated heterocycles.